The van der Waals surface area contributed by atoms with Gasteiger partial charge in [-0.3, -0.25) is 0 Å². The molecular weight excluding hydrogens is 259 g/mol. The second-order valence-corrected chi connectivity index (χ2v) is 4.87. The van der Waals surface area contributed by atoms with Crippen molar-refractivity contribution in [2.24, 2.45) is 0 Å². The summed E-state index contributed by atoms with van der Waals surface area (Å²) in [6.07, 6.45) is -0.642. The molecule has 2 amide bonds. The molecule has 0 aromatic rings. The van der Waals surface area contributed by atoms with E-state index in [1.165, 1.54) is 4.90 Å². The van der Waals surface area contributed by atoms with Crippen LogP contribution in [0.3, 0.4) is 0 Å². The van der Waals surface area contributed by atoms with Crippen molar-refractivity contribution in [3.8, 4) is 0 Å². The van der Waals surface area contributed by atoms with Crippen LogP contribution in [-0.4, -0.2) is 49.3 Å². The van der Waals surface area contributed by atoms with Crippen molar-refractivity contribution >= 4 is 6.03 Å². The molecule has 0 aromatic heterocycles. The number of hydrogen-bond donors (Lipinski definition) is 2. The number of alkyl halides is 3. The Morgan fingerprint density at radius 3 is 2.74 bits per heavy atom. The molecule has 4 nitrogen and oxygen atoms in total. The van der Waals surface area contributed by atoms with Gasteiger partial charge in [-0.2, -0.15) is 13.2 Å². The van der Waals surface area contributed by atoms with Crippen molar-refractivity contribution in [1.29, 1.82) is 0 Å². The molecule has 1 aliphatic rings. The maximum atomic E-state index is 12.1. The summed E-state index contributed by atoms with van der Waals surface area (Å²) < 4.78 is 36.3. The van der Waals surface area contributed by atoms with Crippen molar-refractivity contribution in [3.63, 3.8) is 0 Å². The van der Waals surface area contributed by atoms with Gasteiger partial charge in [-0.1, -0.05) is 13.3 Å². The Morgan fingerprint density at radius 2 is 2.21 bits per heavy atom. The predicted octanol–water partition coefficient (Wildman–Crippen LogP) is 2.11. The van der Waals surface area contributed by atoms with E-state index in [9.17, 15) is 18.0 Å². The molecule has 1 unspecified atom stereocenters. The minimum atomic E-state index is -4.36. The van der Waals surface area contributed by atoms with Crippen LogP contribution in [0.25, 0.3) is 0 Å². The van der Waals surface area contributed by atoms with E-state index >= 15 is 0 Å². The van der Waals surface area contributed by atoms with Crippen LogP contribution >= 0.6 is 0 Å². The van der Waals surface area contributed by atoms with Gasteiger partial charge in [-0.15, -0.1) is 0 Å². The molecule has 0 spiro atoms. The molecule has 112 valence electrons. The Bertz CT molecular complexity index is 278. The first-order valence-electron chi connectivity index (χ1n) is 6.75. The number of urea groups is 1. The quantitative estimate of drug-likeness (QED) is 0.783. The summed E-state index contributed by atoms with van der Waals surface area (Å²) in [7, 11) is 0. The van der Waals surface area contributed by atoms with Crippen LogP contribution in [-0.2, 0) is 0 Å². The van der Waals surface area contributed by atoms with Gasteiger partial charge < -0.3 is 15.5 Å². The molecule has 7 heteroatoms. The van der Waals surface area contributed by atoms with E-state index in [0.29, 0.717) is 13.1 Å². The fraction of sp³-hybridized carbons (Fsp3) is 0.917. The normalized spacial score (nSPS) is 19.5. The van der Waals surface area contributed by atoms with E-state index in [1.807, 2.05) is 12.2 Å². The molecule has 1 atom stereocenters. The van der Waals surface area contributed by atoms with Gasteiger partial charge >= 0.3 is 12.2 Å². The smallest absolute Gasteiger partial charge is 0.329 e. The topological polar surface area (TPSA) is 44.4 Å². The molecule has 0 aromatic carbocycles. The predicted molar refractivity (Wildman–Crippen MR) is 67.0 cm³/mol. The summed E-state index contributed by atoms with van der Waals surface area (Å²) >= 11 is 0. The number of carbonyl (C=O) groups excluding carboxylic acids is 1. The number of hydrogen-bond acceptors (Lipinski definition) is 2. The van der Waals surface area contributed by atoms with Gasteiger partial charge in [0.1, 0.15) is 6.54 Å². The summed E-state index contributed by atoms with van der Waals surface area (Å²) in [6, 6.07) is -0.423. The zero-order chi connectivity index (χ0) is 14.3. The highest BCUT2D eigenvalue weighted by atomic mass is 19.4. The van der Waals surface area contributed by atoms with Crippen LogP contribution in [0.2, 0.25) is 0 Å². The average molecular weight is 281 g/mol. The lowest BCUT2D eigenvalue weighted by Gasteiger charge is -2.26. The summed E-state index contributed by atoms with van der Waals surface area (Å²) in [4.78, 5) is 13.3. The zero-order valence-corrected chi connectivity index (χ0v) is 11.2. The first-order chi connectivity index (χ1) is 8.92. The second-order valence-electron chi connectivity index (χ2n) is 4.87. The Hall–Kier alpha value is -0.980. The van der Waals surface area contributed by atoms with Crippen LogP contribution in [0.1, 0.15) is 32.6 Å². The Labute approximate surface area is 111 Å². The summed E-state index contributed by atoms with van der Waals surface area (Å²) in [5.41, 5.74) is 0. The van der Waals surface area contributed by atoms with Crippen LogP contribution in [0.5, 0.6) is 0 Å². The molecule has 1 heterocycles. The van der Waals surface area contributed by atoms with E-state index in [1.54, 1.807) is 0 Å². The molecule has 0 aliphatic carbocycles. The van der Waals surface area contributed by atoms with E-state index in [-0.39, 0.29) is 6.04 Å². The minimum Gasteiger partial charge on any atom is -0.329 e. The minimum absolute atomic E-state index is 0.202. The SMILES string of the molecule is CCCCN(CC1CCCN1)C(=O)NCC(F)(F)F. The molecule has 0 bridgehead atoms. The lowest BCUT2D eigenvalue weighted by atomic mass is 10.2. The molecule has 1 rings (SSSR count). The molecule has 0 saturated carbocycles. The van der Waals surface area contributed by atoms with Crippen molar-refractivity contribution < 1.29 is 18.0 Å². The second kappa shape index (κ2) is 7.57. The molecular formula is C12H22F3N3O. The number of nitrogens with zero attached hydrogens (tertiary/aromatic N) is 1. The highest BCUT2D eigenvalue weighted by Gasteiger charge is 2.29. The number of halogens is 3. The molecule has 2 N–H and O–H groups in total. The standard InChI is InChI=1S/C12H22F3N3O/c1-2-3-7-18(8-10-5-4-6-16-10)11(19)17-9-12(13,14)15/h10,16H,2-9H2,1H3,(H,17,19). The van der Waals surface area contributed by atoms with Gasteiger partial charge in [-0.25, -0.2) is 4.79 Å². The average Bonchev–Trinajstić information content (AvgIpc) is 2.83. The fourth-order valence-electron chi connectivity index (χ4n) is 2.09. The van der Waals surface area contributed by atoms with Crippen LogP contribution < -0.4 is 10.6 Å². The number of nitrogens with one attached hydrogen (secondary N) is 2. The Morgan fingerprint density at radius 1 is 1.47 bits per heavy atom. The van der Waals surface area contributed by atoms with Gasteiger partial charge in [-0.05, 0) is 25.8 Å². The Kier molecular flexibility index (Phi) is 6.41. The van der Waals surface area contributed by atoms with E-state index < -0.39 is 18.8 Å². The molecule has 1 aliphatic heterocycles. The fourth-order valence-corrected chi connectivity index (χ4v) is 2.09. The number of amides is 2. The lowest BCUT2D eigenvalue weighted by Crippen LogP contribution is -2.48. The number of unbranched alkanes of at least 4 members (excludes halogenated alkanes) is 1. The highest BCUT2D eigenvalue weighted by Crippen LogP contribution is 2.13. The zero-order valence-electron chi connectivity index (χ0n) is 11.2. The van der Waals surface area contributed by atoms with Gasteiger partial charge in [0.2, 0.25) is 0 Å². The van der Waals surface area contributed by atoms with E-state index in [2.05, 4.69) is 5.32 Å². The number of rotatable bonds is 6. The maximum Gasteiger partial charge on any atom is 0.405 e. The van der Waals surface area contributed by atoms with Gasteiger partial charge in [0.05, 0.1) is 0 Å². The molecule has 0 radical (unpaired) electrons. The molecule has 1 saturated heterocycles. The van der Waals surface area contributed by atoms with Gasteiger partial charge in [0.15, 0.2) is 0 Å². The largest absolute Gasteiger partial charge is 0.405 e. The summed E-state index contributed by atoms with van der Waals surface area (Å²) in [5.74, 6) is 0. The van der Waals surface area contributed by atoms with Crippen molar-refractivity contribution in [1.82, 2.24) is 15.5 Å². The first kappa shape index (κ1) is 16.1. The van der Waals surface area contributed by atoms with Crippen LogP contribution in [0.4, 0.5) is 18.0 Å². The van der Waals surface area contributed by atoms with Crippen molar-refractivity contribution in [2.75, 3.05) is 26.2 Å². The Balaban J connectivity index is 2.43. The highest BCUT2D eigenvalue weighted by molar-refractivity contribution is 5.74. The summed E-state index contributed by atoms with van der Waals surface area (Å²) in [6.45, 7) is 2.60. The maximum absolute atomic E-state index is 12.1. The van der Waals surface area contributed by atoms with E-state index in [4.69, 9.17) is 0 Å². The van der Waals surface area contributed by atoms with Crippen molar-refractivity contribution in [3.05, 3.63) is 0 Å². The van der Waals surface area contributed by atoms with Gasteiger partial charge in [0, 0.05) is 19.1 Å². The lowest BCUT2D eigenvalue weighted by molar-refractivity contribution is -0.123. The first-order valence-corrected chi connectivity index (χ1v) is 6.75. The van der Waals surface area contributed by atoms with E-state index in [0.717, 1.165) is 32.2 Å². The van der Waals surface area contributed by atoms with Crippen molar-refractivity contribution in [2.45, 2.75) is 44.8 Å². The number of carbonyl (C=O) groups is 1. The summed E-state index contributed by atoms with van der Waals surface area (Å²) in [5, 5.41) is 5.19. The van der Waals surface area contributed by atoms with Gasteiger partial charge in [0.25, 0.3) is 0 Å². The third-order valence-corrected chi connectivity index (χ3v) is 3.11. The third-order valence-electron chi connectivity index (χ3n) is 3.11. The van der Waals surface area contributed by atoms with Crippen LogP contribution in [0, 0.1) is 0 Å². The molecule has 19 heavy (non-hydrogen) atoms. The van der Waals surface area contributed by atoms with Crippen LogP contribution in [0.15, 0.2) is 0 Å². The monoisotopic (exact) mass is 281 g/mol. The molecule has 1 fully saturated rings. The third kappa shape index (κ3) is 6.66.